The van der Waals surface area contributed by atoms with E-state index in [9.17, 15) is 94.2 Å². The van der Waals surface area contributed by atoms with E-state index >= 15 is 0 Å². The van der Waals surface area contributed by atoms with Crippen LogP contribution in [0.1, 0.15) is 79.6 Å². The standard InChI is InChI=1S/C20H12Cl2F2N2O2.C20H11ClF4N2O2.C19H11Cl2F2N3O2.2C19H10ClF4N3O2/c21-15-4-2-1-3-13(15)19(27)26-18-6-5-11(10-25-18)14-7-12-9-20(23,24)28-17(12)8-16(14)22;21-13-7-16-11(8-20(24,25)29-16)6-12(13)10-4-5-17(26-9-10)27-19(28)18-14(22)2-1-3-15(18)23;20-13-4-2-1-3-11(13)18(27)26-17-9-24-15(8-25-17)12-5-10-7-19(22,23)28-16(10)6-14(12)21;2*20-11-5-15-9(6-19(23,24)29-15)4-10(11)14-7-26-16(8-25-14)27-18(28)17-12(21)2-1-3-13(17)22/h1-8,10H,9H2,(H,25,26,27);1-7,9H,8H2,(H,26,27,28);1-6,8-9H,7H2,(H,25,26,27);2*1-5,7-8H,6H2,(H,26,27,28). The fraction of sp³-hybridized carbons (Fsp3) is 0.103. The van der Waals surface area contributed by atoms with Gasteiger partial charge in [0, 0.05) is 79.2 Å². The topological polar surface area (TPSA) is 295 Å². The first kappa shape index (κ1) is 101. The Bertz CT molecular complexity index is 6900. The molecule has 728 valence electrons. The SMILES string of the molecule is O=C(Nc1ccc(-c2cc3c(cc2Cl)OC(F)(F)C3)cn1)c1c(F)cccc1F.O=C(Nc1ccc(-c2cc3c(cc2Cl)OC(F)(F)C3)cn1)c1ccccc1Cl.O=C(Nc1cnc(-c2cc3c(cc2Cl)OC(F)(F)C3)cn1)c1c(F)cccc1F.O=C(Nc1cnc(-c2cc3c(cc2Cl)OC(F)(F)C3)cn1)c1c(F)cccc1F.O=C(Nc1cnc(-c2cc3c(cc2Cl)OC(F)(F)C3)cn1)c1ccccc1Cl. The number of pyridine rings is 2. The molecule has 5 aromatic heterocycles. The van der Waals surface area contributed by atoms with Crippen LogP contribution >= 0.6 is 81.2 Å². The van der Waals surface area contributed by atoms with Gasteiger partial charge in [0.05, 0.1) is 133 Å². The molecule has 5 amide bonds. The van der Waals surface area contributed by atoms with Crippen molar-refractivity contribution in [1.82, 2.24) is 39.9 Å². The zero-order valence-electron chi connectivity index (χ0n) is 71.4. The molecule has 0 spiro atoms. The first-order valence-corrected chi connectivity index (χ1v) is 43.7. The molecule has 0 fully saturated rings. The lowest BCUT2D eigenvalue weighted by Gasteiger charge is -2.09. The second kappa shape index (κ2) is 41.3. The summed E-state index contributed by atoms with van der Waals surface area (Å²) >= 11 is 42.8. The van der Waals surface area contributed by atoms with Crippen LogP contribution in [0, 0.1) is 34.9 Å². The van der Waals surface area contributed by atoms with Crippen molar-refractivity contribution in [3.8, 4) is 84.8 Å². The van der Waals surface area contributed by atoms with Gasteiger partial charge in [-0.3, -0.25) is 38.9 Å². The molecule has 0 atom stereocenters. The minimum Gasteiger partial charge on any atom is -0.432 e. The highest BCUT2D eigenvalue weighted by atomic mass is 35.5. The lowest BCUT2D eigenvalue weighted by molar-refractivity contribution is -0.159. The first-order valence-electron chi connectivity index (χ1n) is 41.1. The summed E-state index contributed by atoms with van der Waals surface area (Å²) in [6, 6.07) is 42.6. The van der Waals surface area contributed by atoms with E-state index in [2.05, 4.69) is 90.1 Å². The van der Waals surface area contributed by atoms with Gasteiger partial charge in [-0.2, -0.15) is 43.9 Å². The second-order valence-electron chi connectivity index (χ2n) is 31.0. The number of alkyl halides is 10. The highest BCUT2D eigenvalue weighted by Gasteiger charge is 2.45. The summed E-state index contributed by atoms with van der Waals surface area (Å²) in [7, 11) is 0. The zero-order valence-corrected chi connectivity index (χ0v) is 76.7. The summed E-state index contributed by atoms with van der Waals surface area (Å²) in [4.78, 5) is 93.5. The second-order valence-corrected chi connectivity index (χ2v) is 33.9. The molecule has 0 radical (unpaired) electrons. The molecule has 0 saturated carbocycles. The van der Waals surface area contributed by atoms with Crippen LogP contribution in [0.3, 0.4) is 0 Å². The van der Waals surface area contributed by atoms with Gasteiger partial charge in [-0.25, -0.2) is 51.3 Å². The van der Waals surface area contributed by atoms with Crippen molar-refractivity contribution >= 4 is 140 Å². The van der Waals surface area contributed by atoms with E-state index < -0.39 is 138 Å². The van der Waals surface area contributed by atoms with Gasteiger partial charge >= 0.3 is 30.5 Å². The monoisotopic (exact) mass is 2110 g/mol. The first-order chi connectivity index (χ1) is 67.8. The van der Waals surface area contributed by atoms with Crippen molar-refractivity contribution in [3.05, 3.63) is 363 Å². The van der Waals surface area contributed by atoms with Crippen LogP contribution in [0.25, 0.3) is 56.0 Å². The van der Waals surface area contributed by atoms with Crippen molar-refractivity contribution in [2.24, 2.45) is 0 Å². The Hall–Kier alpha value is -15.0. The predicted molar refractivity (Wildman–Crippen MR) is 495 cm³/mol. The Morgan fingerprint density at radius 1 is 0.245 bits per heavy atom. The van der Waals surface area contributed by atoms with Gasteiger partial charge in [0.25, 0.3) is 29.5 Å². The fourth-order valence-electron chi connectivity index (χ4n) is 14.5. The van der Waals surface area contributed by atoms with E-state index in [1.807, 2.05) is 0 Å². The highest BCUT2D eigenvalue weighted by Crippen LogP contribution is 2.49. The number of benzene rings is 10. The highest BCUT2D eigenvalue weighted by molar-refractivity contribution is 6.36. The number of nitrogens with zero attached hydrogens (tertiary/aromatic N) is 8. The minimum absolute atomic E-state index is 0.00694. The number of hydrogen-bond acceptors (Lipinski definition) is 18. The van der Waals surface area contributed by atoms with Gasteiger partial charge in [0.15, 0.2) is 17.5 Å². The molecule has 10 heterocycles. The Morgan fingerprint density at radius 2 is 0.476 bits per heavy atom. The number of fused-ring (bicyclic) bond motifs is 5. The summed E-state index contributed by atoms with van der Waals surface area (Å²) < 4.78 is 239. The molecule has 0 saturated heterocycles. The number of hydrogen-bond donors (Lipinski definition) is 5. The quantitative estimate of drug-likeness (QED) is 0.0596. The smallest absolute Gasteiger partial charge is 0.402 e. The lowest BCUT2D eigenvalue weighted by Crippen LogP contribution is -2.20. The number of carbonyl (C=O) groups is 5. The van der Waals surface area contributed by atoms with Gasteiger partial charge in [-0.05, 0) is 146 Å². The van der Waals surface area contributed by atoms with Crippen molar-refractivity contribution in [2.45, 2.75) is 62.6 Å². The molecule has 0 aliphatic carbocycles. The predicted octanol–water partition coefficient (Wildman–Crippen LogP) is 26.2. The number of aromatic nitrogens is 8. The number of rotatable bonds is 15. The summed E-state index contributed by atoms with van der Waals surface area (Å²) in [5.74, 6) is -9.34. The van der Waals surface area contributed by atoms with Crippen LogP contribution in [0.15, 0.2) is 238 Å². The third kappa shape index (κ3) is 23.8. The molecule has 5 aliphatic rings. The van der Waals surface area contributed by atoms with Crippen LogP contribution in [-0.4, -0.2) is 100.0 Å². The average molecular weight is 2110 g/mol. The van der Waals surface area contributed by atoms with Crippen molar-refractivity contribution in [3.63, 3.8) is 0 Å². The molecule has 15 aromatic rings. The lowest BCUT2D eigenvalue weighted by atomic mass is 10.0. The maximum atomic E-state index is 13.7. The number of ether oxygens (including phenoxy) is 5. The van der Waals surface area contributed by atoms with E-state index in [1.54, 1.807) is 72.8 Å². The van der Waals surface area contributed by atoms with E-state index in [-0.39, 0.29) is 106 Å². The Balaban J connectivity index is 0.000000128. The maximum Gasteiger partial charge on any atom is 0.402 e. The minimum atomic E-state index is -3.30. The molecule has 0 unspecified atom stereocenters. The summed E-state index contributed by atoms with van der Waals surface area (Å²) in [5, 5.41) is 13.6. The summed E-state index contributed by atoms with van der Waals surface area (Å²) in [6.45, 7) is 0. The van der Waals surface area contributed by atoms with Gasteiger partial charge in [0.1, 0.15) is 92.0 Å². The van der Waals surface area contributed by atoms with Crippen LogP contribution in [0.2, 0.25) is 35.2 Å². The fourth-order valence-corrected chi connectivity index (χ4v) is 16.2. The van der Waals surface area contributed by atoms with Crippen molar-refractivity contribution in [2.75, 3.05) is 26.6 Å². The van der Waals surface area contributed by atoms with E-state index in [0.717, 1.165) is 67.0 Å². The van der Waals surface area contributed by atoms with Gasteiger partial charge in [-0.15, -0.1) is 0 Å². The van der Waals surface area contributed by atoms with Gasteiger partial charge in [0.2, 0.25) is 0 Å². The molecule has 20 rings (SSSR count). The Kier molecular flexibility index (Phi) is 29.1. The van der Waals surface area contributed by atoms with Gasteiger partial charge in [-0.1, -0.05) is 124 Å². The van der Waals surface area contributed by atoms with Crippen LogP contribution < -0.4 is 50.3 Å². The van der Waals surface area contributed by atoms with Crippen molar-refractivity contribution in [1.29, 1.82) is 0 Å². The van der Waals surface area contributed by atoms with Crippen LogP contribution in [0.5, 0.6) is 28.7 Å². The molecule has 5 aliphatic heterocycles. The van der Waals surface area contributed by atoms with Crippen LogP contribution in [0.4, 0.5) is 99.3 Å². The Labute approximate surface area is 829 Å². The van der Waals surface area contributed by atoms with E-state index in [0.29, 0.717) is 88.3 Å². The molecular formula is C97H54Cl7F16N13O10. The third-order valence-electron chi connectivity index (χ3n) is 21.0. The maximum absolute atomic E-state index is 13.7. The van der Waals surface area contributed by atoms with Crippen LogP contribution in [-0.2, 0) is 32.1 Å². The molecule has 10 aromatic carbocycles. The Morgan fingerprint density at radius 3 is 0.720 bits per heavy atom. The molecule has 46 heteroatoms. The molecular weight excluding hydrogens is 2060 g/mol. The number of amides is 5. The van der Waals surface area contributed by atoms with E-state index in [4.69, 9.17) is 81.2 Å². The van der Waals surface area contributed by atoms with E-state index in [1.165, 1.54) is 97.8 Å². The number of halogens is 23. The molecule has 0 bridgehead atoms. The zero-order chi connectivity index (χ0) is 102. The van der Waals surface area contributed by atoms with Gasteiger partial charge < -0.3 is 50.3 Å². The summed E-state index contributed by atoms with van der Waals surface area (Å²) in [5.41, 5.74) is 4.12. The van der Waals surface area contributed by atoms with Crippen molar-refractivity contribution < 1.29 is 118 Å². The number of anilines is 5. The largest absolute Gasteiger partial charge is 0.432 e. The molecule has 143 heavy (non-hydrogen) atoms. The summed E-state index contributed by atoms with van der Waals surface area (Å²) in [6.07, 6.45) is -8.76. The molecule has 23 nitrogen and oxygen atoms in total. The average Bonchev–Trinajstić information content (AvgIpc) is 1.66. The number of carbonyl (C=O) groups excluding carboxylic acids is 5. The number of nitrogens with one attached hydrogen (secondary N) is 5. The third-order valence-corrected chi connectivity index (χ3v) is 23.2. The normalized spacial score (nSPS) is 14.3. The molecule has 5 N–H and O–H groups in total.